The Morgan fingerprint density at radius 2 is 1.82 bits per heavy atom. The summed E-state index contributed by atoms with van der Waals surface area (Å²) in [5.74, 6) is -1.99. The number of H-pyrrole nitrogens is 1. The molecule has 0 saturated carbocycles. The fourth-order valence-corrected chi connectivity index (χ4v) is 4.18. The van der Waals surface area contributed by atoms with Crippen molar-refractivity contribution >= 4 is 40.7 Å². The molecule has 0 radical (unpaired) electrons. The van der Waals surface area contributed by atoms with E-state index in [-0.39, 0.29) is 35.1 Å². The van der Waals surface area contributed by atoms with Crippen LogP contribution in [-0.4, -0.2) is 46.3 Å². The molecule has 3 amide bonds. The maximum atomic E-state index is 13.0. The predicted octanol–water partition coefficient (Wildman–Crippen LogP) is 0.745. The number of benzene rings is 1. The lowest BCUT2D eigenvalue weighted by Gasteiger charge is -2.32. The number of allylic oxidation sites excluding steroid dienone is 1. The van der Waals surface area contributed by atoms with Crippen LogP contribution in [0.4, 0.5) is 17.5 Å². The molecule has 2 aliphatic heterocycles. The molecular formula is C23H28N6O5. The number of primary amides is 1. The average molecular weight is 469 g/mol. The summed E-state index contributed by atoms with van der Waals surface area (Å²) in [5.41, 5.74) is 7.43. The SMILES string of the molecule is C=C(C)c1ccc(NC(=O)C2CC(=O)Nc3nc(N4CCC(C(N)=O)CC4)[nH]c(=O)c32)cc1.O. The molecule has 1 saturated heterocycles. The molecule has 0 bridgehead atoms. The van der Waals surface area contributed by atoms with Gasteiger partial charge < -0.3 is 26.7 Å². The fraction of sp³-hybridized carbons (Fsp3) is 0.348. The van der Waals surface area contributed by atoms with Crippen molar-refractivity contribution < 1.29 is 19.9 Å². The van der Waals surface area contributed by atoms with E-state index < -0.39 is 23.3 Å². The zero-order valence-electron chi connectivity index (χ0n) is 18.8. The Bertz CT molecular complexity index is 1180. The highest BCUT2D eigenvalue weighted by Gasteiger charge is 2.35. The molecule has 180 valence electrons. The van der Waals surface area contributed by atoms with E-state index in [0.717, 1.165) is 11.1 Å². The molecule has 1 aromatic carbocycles. The van der Waals surface area contributed by atoms with Crippen molar-refractivity contribution in [2.75, 3.05) is 28.6 Å². The number of nitrogens with zero attached hydrogens (tertiary/aromatic N) is 2. The molecular weight excluding hydrogens is 440 g/mol. The molecule has 1 aromatic heterocycles. The summed E-state index contributed by atoms with van der Waals surface area (Å²) in [4.78, 5) is 58.6. The van der Waals surface area contributed by atoms with Crippen molar-refractivity contribution in [1.29, 1.82) is 0 Å². The van der Waals surface area contributed by atoms with Crippen LogP contribution >= 0.6 is 0 Å². The quantitative estimate of drug-likeness (QED) is 0.502. The first kappa shape index (κ1) is 24.6. The van der Waals surface area contributed by atoms with Crippen molar-refractivity contribution in [2.45, 2.75) is 32.1 Å². The van der Waals surface area contributed by atoms with Crippen LogP contribution in [0.5, 0.6) is 0 Å². The van der Waals surface area contributed by atoms with Crippen molar-refractivity contribution in [3.05, 3.63) is 52.3 Å². The highest BCUT2D eigenvalue weighted by Crippen LogP contribution is 2.31. The smallest absolute Gasteiger partial charge is 0.258 e. The Kier molecular flexibility index (Phi) is 7.16. The summed E-state index contributed by atoms with van der Waals surface area (Å²) < 4.78 is 0. The molecule has 7 N–H and O–H groups in total. The number of hydrogen-bond donors (Lipinski definition) is 4. The molecule has 11 heteroatoms. The van der Waals surface area contributed by atoms with Crippen LogP contribution in [0.3, 0.4) is 0 Å². The van der Waals surface area contributed by atoms with Crippen LogP contribution in [0.2, 0.25) is 0 Å². The normalized spacial score (nSPS) is 17.7. The minimum absolute atomic E-state index is 0. The van der Waals surface area contributed by atoms with Gasteiger partial charge in [0.25, 0.3) is 5.56 Å². The van der Waals surface area contributed by atoms with Gasteiger partial charge in [0.05, 0.1) is 11.5 Å². The zero-order chi connectivity index (χ0) is 23.7. The van der Waals surface area contributed by atoms with Crippen LogP contribution in [0.1, 0.15) is 43.2 Å². The van der Waals surface area contributed by atoms with Crippen molar-refractivity contribution in [3.63, 3.8) is 0 Å². The number of nitrogens with two attached hydrogens (primary N) is 1. The standard InChI is InChI=1S/C23H26N6O4.H2O/c1-12(2)13-3-5-15(6-4-13)25-21(32)16-11-17(30)26-20-18(16)22(33)28-23(27-20)29-9-7-14(8-10-29)19(24)31;/h3-6,14,16H,1,7-11H2,2H3,(H2,24,31)(H,25,32)(H2,26,27,28,30,33);1H2. The van der Waals surface area contributed by atoms with E-state index in [0.29, 0.717) is 37.6 Å². The summed E-state index contributed by atoms with van der Waals surface area (Å²) in [6, 6.07) is 7.16. The topological polar surface area (TPSA) is 182 Å². The maximum absolute atomic E-state index is 13.0. The third-order valence-electron chi connectivity index (χ3n) is 6.10. The van der Waals surface area contributed by atoms with Gasteiger partial charge in [0, 0.05) is 31.1 Å². The van der Waals surface area contributed by atoms with Gasteiger partial charge in [0.1, 0.15) is 5.82 Å². The van der Waals surface area contributed by atoms with Gasteiger partial charge in [-0.15, -0.1) is 0 Å². The molecule has 0 spiro atoms. The van der Waals surface area contributed by atoms with E-state index >= 15 is 0 Å². The van der Waals surface area contributed by atoms with Crippen LogP contribution in [0, 0.1) is 5.92 Å². The number of carbonyl (C=O) groups is 3. The van der Waals surface area contributed by atoms with Gasteiger partial charge in [-0.25, -0.2) is 0 Å². The average Bonchev–Trinajstić information content (AvgIpc) is 2.78. The lowest BCUT2D eigenvalue weighted by atomic mass is 9.92. The van der Waals surface area contributed by atoms with Crippen molar-refractivity contribution in [1.82, 2.24) is 9.97 Å². The third-order valence-corrected chi connectivity index (χ3v) is 6.10. The molecule has 34 heavy (non-hydrogen) atoms. The summed E-state index contributed by atoms with van der Waals surface area (Å²) in [6.45, 7) is 6.76. The lowest BCUT2D eigenvalue weighted by Crippen LogP contribution is -2.41. The minimum atomic E-state index is -0.972. The van der Waals surface area contributed by atoms with E-state index in [2.05, 4.69) is 27.2 Å². The number of piperidine rings is 1. The molecule has 4 rings (SSSR count). The zero-order valence-corrected chi connectivity index (χ0v) is 18.8. The first-order valence-corrected chi connectivity index (χ1v) is 10.8. The van der Waals surface area contributed by atoms with Crippen LogP contribution in [0.25, 0.3) is 5.57 Å². The molecule has 2 aromatic rings. The van der Waals surface area contributed by atoms with Crippen molar-refractivity contribution in [3.8, 4) is 0 Å². The van der Waals surface area contributed by atoms with Crippen molar-refractivity contribution in [2.24, 2.45) is 11.7 Å². The second-order valence-corrected chi connectivity index (χ2v) is 8.47. The van der Waals surface area contributed by atoms with Crippen LogP contribution in [0.15, 0.2) is 35.6 Å². The number of aromatic amines is 1. The number of fused-ring (bicyclic) bond motifs is 1. The summed E-state index contributed by atoms with van der Waals surface area (Å²) >= 11 is 0. The van der Waals surface area contributed by atoms with Crippen LogP contribution < -0.4 is 26.8 Å². The van der Waals surface area contributed by atoms with Gasteiger partial charge in [-0.3, -0.25) is 24.2 Å². The Morgan fingerprint density at radius 3 is 2.41 bits per heavy atom. The van der Waals surface area contributed by atoms with Gasteiger partial charge >= 0.3 is 0 Å². The number of anilines is 3. The molecule has 1 atom stereocenters. The fourth-order valence-electron chi connectivity index (χ4n) is 4.18. The summed E-state index contributed by atoms with van der Waals surface area (Å²) in [5, 5.41) is 5.39. The number of carbonyl (C=O) groups excluding carboxylic acids is 3. The number of aromatic nitrogens is 2. The van der Waals surface area contributed by atoms with Crippen LogP contribution in [-0.2, 0) is 14.4 Å². The highest BCUT2D eigenvalue weighted by atomic mass is 16.2. The van der Waals surface area contributed by atoms with Gasteiger partial charge in [0.2, 0.25) is 23.7 Å². The summed E-state index contributed by atoms with van der Waals surface area (Å²) in [7, 11) is 0. The molecule has 2 aliphatic rings. The molecule has 1 fully saturated rings. The second-order valence-electron chi connectivity index (χ2n) is 8.47. The number of rotatable bonds is 5. The van der Waals surface area contributed by atoms with Gasteiger partial charge in [-0.2, -0.15) is 4.98 Å². The second kappa shape index (κ2) is 9.87. The Labute approximate surface area is 195 Å². The van der Waals surface area contributed by atoms with Gasteiger partial charge in [-0.1, -0.05) is 24.3 Å². The lowest BCUT2D eigenvalue weighted by molar-refractivity contribution is -0.123. The molecule has 3 heterocycles. The Hall–Kier alpha value is -3.99. The minimum Gasteiger partial charge on any atom is -0.412 e. The first-order chi connectivity index (χ1) is 15.7. The molecule has 0 aliphatic carbocycles. The van der Waals surface area contributed by atoms with E-state index in [9.17, 15) is 19.2 Å². The number of hydrogen-bond acceptors (Lipinski definition) is 6. The monoisotopic (exact) mass is 468 g/mol. The van der Waals surface area contributed by atoms with E-state index in [4.69, 9.17) is 5.73 Å². The Balaban J connectivity index is 0.00000324. The highest BCUT2D eigenvalue weighted by molar-refractivity contribution is 6.04. The van der Waals surface area contributed by atoms with E-state index in [1.165, 1.54) is 0 Å². The van der Waals surface area contributed by atoms with Gasteiger partial charge in [-0.05, 0) is 37.5 Å². The number of amides is 3. The number of nitrogens with one attached hydrogen (secondary N) is 3. The predicted molar refractivity (Wildman–Crippen MR) is 128 cm³/mol. The first-order valence-electron chi connectivity index (χ1n) is 10.8. The molecule has 11 nitrogen and oxygen atoms in total. The van der Waals surface area contributed by atoms with E-state index in [1.54, 1.807) is 12.1 Å². The maximum Gasteiger partial charge on any atom is 0.258 e. The largest absolute Gasteiger partial charge is 0.412 e. The Morgan fingerprint density at radius 1 is 1.18 bits per heavy atom. The van der Waals surface area contributed by atoms with Gasteiger partial charge in [0.15, 0.2) is 0 Å². The molecule has 1 unspecified atom stereocenters. The van der Waals surface area contributed by atoms with E-state index in [1.807, 2.05) is 24.0 Å². The third kappa shape index (κ3) is 4.99. The summed E-state index contributed by atoms with van der Waals surface area (Å²) in [6.07, 6.45) is 0.951.